The van der Waals surface area contributed by atoms with Crippen molar-refractivity contribution in [2.24, 2.45) is 7.05 Å². The molecule has 1 aromatic heterocycles. The summed E-state index contributed by atoms with van der Waals surface area (Å²) in [4.78, 5) is 34.7. The highest BCUT2D eigenvalue weighted by Gasteiger charge is 2.16. The second-order valence-corrected chi connectivity index (χ2v) is 4.69. The minimum Gasteiger partial charge on any atom is -0.478 e. The van der Waals surface area contributed by atoms with Crippen LogP contribution in [0.25, 0.3) is 0 Å². The number of rotatable bonds is 3. The number of aromatic carboxylic acids is 1. The molecule has 7 heteroatoms. The number of pyridine rings is 1. The van der Waals surface area contributed by atoms with Crippen molar-refractivity contribution < 1.29 is 14.7 Å². The molecule has 0 aliphatic heterocycles. The number of para-hydroxylation sites is 1. The third-order valence-corrected chi connectivity index (χ3v) is 3.16. The molecular formula is C14H11ClN2O4. The van der Waals surface area contributed by atoms with Crippen LogP contribution in [0.1, 0.15) is 20.7 Å². The summed E-state index contributed by atoms with van der Waals surface area (Å²) in [7, 11) is 1.56. The Labute approximate surface area is 124 Å². The first-order valence-corrected chi connectivity index (χ1v) is 6.28. The van der Waals surface area contributed by atoms with E-state index < -0.39 is 11.9 Å². The van der Waals surface area contributed by atoms with E-state index in [-0.39, 0.29) is 27.4 Å². The number of anilines is 1. The van der Waals surface area contributed by atoms with Gasteiger partial charge in [-0.25, -0.2) is 4.79 Å². The zero-order valence-electron chi connectivity index (χ0n) is 11.0. The number of halogens is 1. The molecule has 0 spiro atoms. The highest BCUT2D eigenvalue weighted by molar-refractivity contribution is 6.34. The van der Waals surface area contributed by atoms with Gasteiger partial charge >= 0.3 is 5.97 Å². The molecule has 0 aliphatic carbocycles. The van der Waals surface area contributed by atoms with E-state index in [1.165, 1.54) is 35.0 Å². The van der Waals surface area contributed by atoms with Gasteiger partial charge in [0, 0.05) is 24.9 Å². The Morgan fingerprint density at radius 3 is 2.62 bits per heavy atom. The fraction of sp³-hybridized carbons (Fsp3) is 0.0714. The van der Waals surface area contributed by atoms with Crippen molar-refractivity contribution in [3.63, 3.8) is 0 Å². The van der Waals surface area contributed by atoms with E-state index in [1.807, 2.05) is 0 Å². The quantitative estimate of drug-likeness (QED) is 0.907. The highest BCUT2D eigenvalue weighted by atomic mass is 35.5. The topological polar surface area (TPSA) is 88.4 Å². The molecule has 21 heavy (non-hydrogen) atoms. The van der Waals surface area contributed by atoms with Crippen LogP contribution in [0.5, 0.6) is 0 Å². The fourth-order valence-corrected chi connectivity index (χ4v) is 1.93. The predicted octanol–water partition coefficient (Wildman–Crippen LogP) is 1.99. The van der Waals surface area contributed by atoms with Crippen LogP contribution in [-0.2, 0) is 7.05 Å². The maximum absolute atomic E-state index is 12.1. The zero-order valence-corrected chi connectivity index (χ0v) is 11.7. The van der Waals surface area contributed by atoms with Gasteiger partial charge < -0.3 is 15.0 Å². The van der Waals surface area contributed by atoms with E-state index in [2.05, 4.69) is 5.32 Å². The molecule has 0 atom stereocenters. The lowest BCUT2D eigenvalue weighted by Gasteiger charge is -2.10. The predicted molar refractivity (Wildman–Crippen MR) is 78.0 cm³/mol. The summed E-state index contributed by atoms with van der Waals surface area (Å²) in [5, 5.41) is 11.6. The summed E-state index contributed by atoms with van der Waals surface area (Å²) in [6.07, 6.45) is 1.45. The number of carboxylic acid groups (broad SMARTS) is 1. The van der Waals surface area contributed by atoms with Crippen LogP contribution in [-0.4, -0.2) is 21.6 Å². The monoisotopic (exact) mass is 306 g/mol. The lowest BCUT2D eigenvalue weighted by Crippen LogP contribution is -2.21. The minimum absolute atomic E-state index is 0.00246. The largest absolute Gasteiger partial charge is 0.478 e. The van der Waals surface area contributed by atoms with Crippen molar-refractivity contribution in [1.29, 1.82) is 0 Å². The Morgan fingerprint density at radius 1 is 1.29 bits per heavy atom. The fourth-order valence-electron chi connectivity index (χ4n) is 1.70. The molecule has 1 heterocycles. The molecule has 0 fully saturated rings. The van der Waals surface area contributed by atoms with Crippen molar-refractivity contribution in [3.05, 3.63) is 63.0 Å². The van der Waals surface area contributed by atoms with Crippen LogP contribution in [0.4, 0.5) is 5.69 Å². The maximum atomic E-state index is 12.1. The van der Waals surface area contributed by atoms with E-state index in [4.69, 9.17) is 16.7 Å². The van der Waals surface area contributed by atoms with Crippen molar-refractivity contribution in [2.45, 2.75) is 0 Å². The van der Waals surface area contributed by atoms with Crippen molar-refractivity contribution >= 4 is 29.2 Å². The Morgan fingerprint density at radius 2 is 2.00 bits per heavy atom. The Hall–Kier alpha value is -2.60. The summed E-state index contributed by atoms with van der Waals surface area (Å²) in [5.41, 5.74) is -0.355. The molecule has 0 saturated heterocycles. The standard InChI is InChI=1S/C14H11ClN2O4/c1-17-6-5-8(7-11(17)18)13(19)16-12-9(14(20)21)3-2-4-10(12)15/h2-7H,1H3,(H,16,19)(H,20,21). The van der Waals surface area contributed by atoms with E-state index in [1.54, 1.807) is 7.05 Å². The molecule has 108 valence electrons. The molecule has 2 N–H and O–H groups in total. The van der Waals surface area contributed by atoms with Gasteiger partial charge in [-0.15, -0.1) is 0 Å². The van der Waals surface area contributed by atoms with Crippen molar-refractivity contribution in [2.75, 3.05) is 5.32 Å². The van der Waals surface area contributed by atoms with Gasteiger partial charge in [-0.1, -0.05) is 17.7 Å². The molecule has 0 saturated carbocycles. The number of amides is 1. The second kappa shape index (κ2) is 5.80. The smallest absolute Gasteiger partial charge is 0.337 e. The van der Waals surface area contributed by atoms with Gasteiger partial charge in [0.05, 0.1) is 16.3 Å². The van der Waals surface area contributed by atoms with Gasteiger partial charge in [0.25, 0.3) is 11.5 Å². The van der Waals surface area contributed by atoms with Crippen LogP contribution >= 0.6 is 11.6 Å². The Balaban J connectivity index is 2.38. The summed E-state index contributed by atoms with van der Waals surface area (Å²) < 4.78 is 1.31. The van der Waals surface area contributed by atoms with E-state index >= 15 is 0 Å². The van der Waals surface area contributed by atoms with Gasteiger partial charge in [-0.3, -0.25) is 9.59 Å². The average Bonchev–Trinajstić information content (AvgIpc) is 2.43. The van der Waals surface area contributed by atoms with E-state index in [0.717, 1.165) is 6.07 Å². The van der Waals surface area contributed by atoms with Gasteiger partial charge in [0.15, 0.2) is 0 Å². The minimum atomic E-state index is -1.21. The SMILES string of the molecule is Cn1ccc(C(=O)Nc2c(Cl)cccc2C(=O)O)cc1=O. The van der Waals surface area contributed by atoms with E-state index in [9.17, 15) is 14.4 Å². The molecule has 0 unspecified atom stereocenters. The molecule has 2 aromatic rings. The number of carboxylic acids is 1. The highest BCUT2D eigenvalue weighted by Crippen LogP contribution is 2.26. The Kier molecular flexibility index (Phi) is 4.09. The number of aryl methyl sites for hydroxylation is 1. The van der Waals surface area contributed by atoms with Crippen molar-refractivity contribution in [1.82, 2.24) is 4.57 Å². The van der Waals surface area contributed by atoms with Crippen LogP contribution in [0, 0.1) is 0 Å². The molecule has 0 bridgehead atoms. The number of hydrogen-bond donors (Lipinski definition) is 2. The van der Waals surface area contributed by atoms with Crippen LogP contribution in [0.15, 0.2) is 41.3 Å². The van der Waals surface area contributed by atoms with Crippen LogP contribution < -0.4 is 10.9 Å². The second-order valence-electron chi connectivity index (χ2n) is 4.29. The van der Waals surface area contributed by atoms with Crippen LogP contribution in [0.2, 0.25) is 5.02 Å². The molecule has 0 aliphatic rings. The van der Waals surface area contributed by atoms with Gasteiger partial charge in [0.1, 0.15) is 0 Å². The molecule has 1 aromatic carbocycles. The molecule has 6 nitrogen and oxygen atoms in total. The zero-order chi connectivity index (χ0) is 15.6. The first kappa shape index (κ1) is 14.8. The number of aromatic nitrogens is 1. The maximum Gasteiger partial charge on any atom is 0.337 e. The molecule has 2 rings (SSSR count). The molecular weight excluding hydrogens is 296 g/mol. The molecule has 1 amide bonds. The third kappa shape index (κ3) is 3.11. The van der Waals surface area contributed by atoms with Crippen molar-refractivity contribution in [3.8, 4) is 0 Å². The number of nitrogens with zero attached hydrogens (tertiary/aromatic N) is 1. The summed E-state index contributed by atoms with van der Waals surface area (Å²) >= 11 is 5.92. The first-order chi connectivity index (χ1) is 9.90. The third-order valence-electron chi connectivity index (χ3n) is 2.85. The normalized spacial score (nSPS) is 10.2. The molecule has 0 radical (unpaired) electrons. The number of carbonyl (C=O) groups is 2. The number of hydrogen-bond acceptors (Lipinski definition) is 3. The van der Waals surface area contributed by atoms with Gasteiger partial charge in [-0.2, -0.15) is 0 Å². The lowest BCUT2D eigenvalue weighted by molar-refractivity contribution is 0.0698. The average molecular weight is 307 g/mol. The summed E-state index contributed by atoms with van der Waals surface area (Å²) in [6, 6.07) is 6.88. The Bertz CT molecular complexity index is 783. The first-order valence-electron chi connectivity index (χ1n) is 5.90. The summed E-state index contributed by atoms with van der Waals surface area (Å²) in [6.45, 7) is 0. The van der Waals surface area contributed by atoms with Gasteiger partial charge in [0.2, 0.25) is 0 Å². The van der Waals surface area contributed by atoms with Gasteiger partial charge in [-0.05, 0) is 18.2 Å². The number of carbonyl (C=O) groups excluding carboxylic acids is 1. The van der Waals surface area contributed by atoms with E-state index in [0.29, 0.717) is 0 Å². The number of nitrogens with one attached hydrogen (secondary N) is 1. The van der Waals surface area contributed by atoms with Crippen LogP contribution in [0.3, 0.4) is 0 Å². The summed E-state index contributed by atoms with van der Waals surface area (Å²) in [5.74, 6) is -1.82. The lowest BCUT2D eigenvalue weighted by atomic mass is 10.1. The number of benzene rings is 1.